The van der Waals surface area contributed by atoms with Gasteiger partial charge in [-0.2, -0.15) is 11.8 Å². The molecule has 0 bridgehead atoms. The molecule has 100 valence electrons. The molecule has 0 aromatic heterocycles. The normalized spacial score (nSPS) is 21.4. The third-order valence-corrected chi connectivity index (χ3v) is 4.44. The minimum atomic E-state index is -0.407. The second-order valence-electron chi connectivity index (χ2n) is 4.59. The topological polar surface area (TPSA) is 41.6 Å². The molecule has 0 atom stereocenters. The van der Waals surface area contributed by atoms with Crippen molar-refractivity contribution in [3.05, 3.63) is 0 Å². The molecule has 0 aromatic carbocycles. The van der Waals surface area contributed by atoms with Crippen molar-refractivity contribution in [1.29, 1.82) is 0 Å². The van der Waals surface area contributed by atoms with E-state index >= 15 is 0 Å². The van der Waals surface area contributed by atoms with Crippen LogP contribution in [0.2, 0.25) is 0 Å². The smallest absolute Gasteiger partial charge is 0.406 e. The molecule has 2 aliphatic heterocycles. The lowest BCUT2D eigenvalue weighted by Crippen LogP contribution is -2.40. The SMILES string of the molecule is CNC(=O)OC.CSCC12CCCN1CCC2. The maximum atomic E-state index is 9.85. The Labute approximate surface area is 108 Å². The number of ether oxygens (including phenoxy) is 1. The van der Waals surface area contributed by atoms with Gasteiger partial charge in [0, 0.05) is 18.3 Å². The van der Waals surface area contributed by atoms with Crippen LogP contribution in [0.5, 0.6) is 0 Å². The third-order valence-electron chi connectivity index (χ3n) is 3.61. The highest BCUT2D eigenvalue weighted by Crippen LogP contribution is 2.40. The van der Waals surface area contributed by atoms with Crippen LogP contribution in [0.1, 0.15) is 25.7 Å². The number of carbonyl (C=O) groups is 1. The molecule has 2 rings (SSSR count). The summed E-state index contributed by atoms with van der Waals surface area (Å²) in [5.74, 6) is 1.37. The van der Waals surface area contributed by atoms with Crippen LogP contribution in [0.25, 0.3) is 0 Å². The van der Waals surface area contributed by atoms with Crippen molar-refractivity contribution < 1.29 is 9.53 Å². The van der Waals surface area contributed by atoms with E-state index in [1.807, 2.05) is 11.8 Å². The predicted octanol–water partition coefficient (Wildman–Crippen LogP) is 1.95. The van der Waals surface area contributed by atoms with Crippen molar-refractivity contribution >= 4 is 17.9 Å². The van der Waals surface area contributed by atoms with Crippen molar-refractivity contribution in [2.75, 3.05) is 39.3 Å². The Morgan fingerprint density at radius 3 is 2.35 bits per heavy atom. The summed E-state index contributed by atoms with van der Waals surface area (Å²) in [6.07, 6.45) is 7.65. The molecule has 2 heterocycles. The number of carbonyl (C=O) groups excluding carboxylic acids is 1. The molecule has 5 heteroatoms. The summed E-state index contributed by atoms with van der Waals surface area (Å²) >= 11 is 2.02. The van der Waals surface area contributed by atoms with Crippen molar-refractivity contribution in [3.63, 3.8) is 0 Å². The molecule has 4 nitrogen and oxygen atoms in total. The number of methoxy groups -OCH3 is 1. The quantitative estimate of drug-likeness (QED) is 0.824. The molecule has 0 radical (unpaired) electrons. The van der Waals surface area contributed by atoms with Gasteiger partial charge >= 0.3 is 6.09 Å². The van der Waals surface area contributed by atoms with Crippen LogP contribution in [-0.2, 0) is 4.74 Å². The monoisotopic (exact) mass is 260 g/mol. The zero-order chi connectivity index (χ0) is 12.7. The summed E-state index contributed by atoms with van der Waals surface area (Å²) in [5.41, 5.74) is 0.652. The van der Waals surface area contributed by atoms with Crippen molar-refractivity contribution in [3.8, 4) is 0 Å². The molecule has 0 spiro atoms. The summed E-state index contributed by atoms with van der Waals surface area (Å²) in [4.78, 5) is 12.6. The first-order chi connectivity index (χ1) is 8.18. The fourth-order valence-corrected chi connectivity index (χ4v) is 3.84. The van der Waals surface area contributed by atoms with E-state index in [2.05, 4.69) is 21.2 Å². The van der Waals surface area contributed by atoms with Crippen LogP contribution in [-0.4, -0.2) is 55.8 Å². The van der Waals surface area contributed by atoms with Crippen molar-refractivity contribution in [2.24, 2.45) is 0 Å². The molecule has 0 saturated carbocycles. The van der Waals surface area contributed by atoms with E-state index in [0.717, 1.165) is 0 Å². The average Bonchev–Trinajstić information content (AvgIpc) is 2.88. The molecule has 2 saturated heterocycles. The van der Waals surface area contributed by atoms with E-state index in [-0.39, 0.29) is 0 Å². The molecule has 17 heavy (non-hydrogen) atoms. The summed E-state index contributed by atoms with van der Waals surface area (Å²) in [5, 5.41) is 2.25. The number of hydrogen-bond acceptors (Lipinski definition) is 4. The Bertz CT molecular complexity index is 233. The van der Waals surface area contributed by atoms with Crippen LogP contribution in [0.3, 0.4) is 0 Å². The number of fused-ring (bicyclic) bond motifs is 1. The van der Waals surface area contributed by atoms with Gasteiger partial charge in [0.2, 0.25) is 0 Å². The van der Waals surface area contributed by atoms with Crippen LogP contribution in [0.4, 0.5) is 4.79 Å². The summed E-state index contributed by atoms with van der Waals surface area (Å²) < 4.78 is 4.15. The number of nitrogens with zero attached hydrogens (tertiary/aromatic N) is 1. The number of thioether (sulfide) groups is 1. The lowest BCUT2D eigenvalue weighted by atomic mass is 9.97. The maximum Gasteiger partial charge on any atom is 0.406 e. The number of rotatable bonds is 2. The molecular weight excluding hydrogens is 236 g/mol. The Hall–Kier alpha value is -0.420. The second kappa shape index (κ2) is 7.11. The van der Waals surface area contributed by atoms with Gasteiger partial charge < -0.3 is 10.1 Å². The zero-order valence-electron chi connectivity index (χ0n) is 11.1. The first-order valence-electron chi connectivity index (χ1n) is 6.18. The number of alkyl carbamates (subject to hydrolysis) is 1. The Morgan fingerprint density at radius 1 is 1.41 bits per heavy atom. The molecular formula is C12H24N2O2S. The van der Waals surface area contributed by atoms with Crippen LogP contribution >= 0.6 is 11.8 Å². The Morgan fingerprint density at radius 2 is 2.00 bits per heavy atom. The fourth-order valence-electron chi connectivity index (χ4n) is 2.83. The largest absolute Gasteiger partial charge is 0.453 e. The molecule has 1 N–H and O–H groups in total. The van der Waals surface area contributed by atoms with E-state index in [9.17, 15) is 4.79 Å². The number of nitrogens with one attached hydrogen (secondary N) is 1. The van der Waals surface area contributed by atoms with Gasteiger partial charge in [-0.3, -0.25) is 4.90 Å². The van der Waals surface area contributed by atoms with Gasteiger partial charge in [0.05, 0.1) is 7.11 Å². The third kappa shape index (κ3) is 3.78. The number of amides is 1. The second-order valence-corrected chi connectivity index (χ2v) is 5.46. The minimum absolute atomic E-state index is 0.407. The standard InChI is InChI=1S/C9H17NS.C3H7NO2/c1-11-8-9-4-2-6-10(9)7-3-5-9;1-4-3(5)6-2/h2-8H2,1H3;1-2H3,(H,4,5). The average molecular weight is 260 g/mol. The zero-order valence-corrected chi connectivity index (χ0v) is 11.9. The van der Waals surface area contributed by atoms with E-state index in [1.54, 1.807) is 0 Å². The van der Waals surface area contributed by atoms with Crippen LogP contribution in [0, 0.1) is 0 Å². The van der Waals surface area contributed by atoms with Gasteiger partial charge in [-0.05, 0) is 45.0 Å². The minimum Gasteiger partial charge on any atom is -0.453 e. The predicted molar refractivity (Wildman–Crippen MR) is 72.6 cm³/mol. The molecule has 0 unspecified atom stereocenters. The van der Waals surface area contributed by atoms with Crippen LogP contribution < -0.4 is 5.32 Å². The highest BCUT2D eigenvalue weighted by molar-refractivity contribution is 7.98. The van der Waals surface area contributed by atoms with Crippen molar-refractivity contribution in [2.45, 2.75) is 31.2 Å². The lowest BCUT2D eigenvalue weighted by Gasteiger charge is -2.31. The summed E-state index contributed by atoms with van der Waals surface area (Å²) in [6.45, 7) is 2.75. The molecule has 1 amide bonds. The molecule has 2 aliphatic rings. The maximum absolute atomic E-state index is 9.85. The number of hydrogen-bond donors (Lipinski definition) is 1. The highest BCUT2D eigenvalue weighted by atomic mass is 32.2. The first-order valence-corrected chi connectivity index (χ1v) is 7.57. The van der Waals surface area contributed by atoms with E-state index in [4.69, 9.17) is 0 Å². The van der Waals surface area contributed by atoms with Gasteiger partial charge in [0.25, 0.3) is 0 Å². The van der Waals surface area contributed by atoms with Crippen molar-refractivity contribution in [1.82, 2.24) is 10.2 Å². The van der Waals surface area contributed by atoms with Gasteiger partial charge in [-0.15, -0.1) is 0 Å². The van der Waals surface area contributed by atoms with Crippen LogP contribution in [0.15, 0.2) is 0 Å². The lowest BCUT2D eigenvalue weighted by molar-refractivity contribution is 0.173. The van der Waals surface area contributed by atoms with Gasteiger partial charge in [-0.1, -0.05) is 0 Å². The van der Waals surface area contributed by atoms with Gasteiger partial charge in [-0.25, -0.2) is 4.79 Å². The summed E-state index contributed by atoms with van der Waals surface area (Å²) in [7, 11) is 2.82. The molecule has 0 aliphatic carbocycles. The molecule has 2 fully saturated rings. The van der Waals surface area contributed by atoms with E-state index in [0.29, 0.717) is 5.54 Å². The fraction of sp³-hybridized carbons (Fsp3) is 0.917. The Balaban J connectivity index is 0.000000209. The van der Waals surface area contributed by atoms with Gasteiger partial charge in [0.15, 0.2) is 0 Å². The van der Waals surface area contributed by atoms with E-state index < -0.39 is 6.09 Å². The highest BCUT2D eigenvalue weighted by Gasteiger charge is 2.43. The first kappa shape index (κ1) is 14.6. The van der Waals surface area contributed by atoms with Gasteiger partial charge in [0.1, 0.15) is 0 Å². The molecule has 0 aromatic rings. The summed E-state index contributed by atoms with van der Waals surface area (Å²) in [6, 6.07) is 0. The van der Waals surface area contributed by atoms with E-state index in [1.165, 1.54) is 58.7 Å². The Kier molecular flexibility index (Phi) is 6.12.